The maximum absolute atomic E-state index is 10.9. The zero-order valence-corrected chi connectivity index (χ0v) is 12.0. The second-order valence-electron chi connectivity index (χ2n) is 4.96. The summed E-state index contributed by atoms with van der Waals surface area (Å²) in [5, 5.41) is 23.8. The van der Waals surface area contributed by atoms with Crippen molar-refractivity contribution >= 4 is 11.4 Å². The van der Waals surface area contributed by atoms with Crippen LogP contribution in [-0.2, 0) is 0 Å². The van der Waals surface area contributed by atoms with Gasteiger partial charge in [-0.2, -0.15) is 0 Å². The third-order valence-electron chi connectivity index (χ3n) is 3.43. The molecule has 5 nitrogen and oxygen atoms in total. The second kappa shape index (κ2) is 6.26. The molecule has 0 aromatic heterocycles. The molecule has 0 spiro atoms. The Morgan fingerprint density at radius 1 is 1.29 bits per heavy atom. The van der Waals surface area contributed by atoms with Crippen molar-refractivity contribution in [1.29, 1.82) is 0 Å². The van der Waals surface area contributed by atoms with E-state index in [1.807, 2.05) is 26.0 Å². The summed E-state index contributed by atoms with van der Waals surface area (Å²) in [7, 11) is 0. The molecule has 0 amide bonds. The first-order chi connectivity index (χ1) is 10.0. The third kappa shape index (κ3) is 3.51. The SMILES string of the molecule is CCC(Nc1ccc(O)c(C)c1)c1cccc([N+](=O)[O-])c1. The summed E-state index contributed by atoms with van der Waals surface area (Å²) in [5.74, 6) is 0.254. The number of rotatable bonds is 5. The first-order valence-electron chi connectivity index (χ1n) is 6.81. The van der Waals surface area contributed by atoms with E-state index >= 15 is 0 Å². The van der Waals surface area contributed by atoms with Crippen LogP contribution in [-0.4, -0.2) is 10.0 Å². The van der Waals surface area contributed by atoms with Gasteiger partial charge in [0.1, 0.15) is 5.75 Å². The van der Waals surface area contributed by atoms with E-state index in [1.165, 1.54) is 6.07 Å². The summed E-state index contributed by atoms with van der Waals surface area (Å²) in [6.45, 7) is 3.85. The van der Waals surface area contributed by atoms with Crippen LogP contribution in [0.25, 0.3) is 0 Å². The zero-order valence-electron chi connectivity index (χ0n) is 12.0. The molecule has 5 heteroatoms. The molecule has 21 heavy (non-hydrogen) atoms. The van der Waals surface area contributed by atoms with Crippen LogP contribution in [0, 0.1) is 17.0 Å². The minimum Gasteiger partial charge on any atom is -0.508 e. The summed E-state index contributed by atoms with van der Waals surface area (Å²) in [6.07, 6.45) is 0.793. The Hall–Kier alpha value is -2.56. The molecule has 2 aromatic carbocycles. The first-order valence-corrected chi connectivity index (χ1v) is 6.81. The number of aromatic hydroxyl groups is 1. The van der Waals surface area contributed by atoms with Gasteiger partial charge in [-0.15, -0.1) is 0 Å². The molecule has 0 radical (unpaired) electrons. The molecule has 2 aromatic rings. The smallest absolute Gasteiger partial charge is 0.269 e. The average Bonchev–Trinajstić information content (AvgIpc) is 2.48. The lowest BCUT2D eigenvalue weighted by Gasteiger charge is -2.19. The van der Waals surface area contributed by atoms with E-state index in [-0.39, 0.29) is 22.4 Å². The number of non-ortho nitro benzene ring substituents is 1. The molecule has 0 aliphatic carbocycles. The summed E-state index contributed by atoms with van der Waals surface area (Å²) in [5.41, 5.74) is 2.63. The van der Waals surface area contributed by atoms with Gasteiger partial charge in [-0.05, 0) is 42.7 Å². The van der Waals surface area contributed by atoms with Gasteiger partial charge in [0.15, 0.2) is 0 Å². The summed E-state index contributed by atoms with van der Waals surface area (Å²) in [4.78, 5) is 10.5. The molecule has 0 bridgehead atoms. The minimum absolute atomic E-state index is 0.0196. The highest BCUT2D eigenvalue weighted by atomic mass is 16.6. The highest BCUT2D eigenvalue weighted by Crippen LogP contribution is 2.27. The van der Waals surface area contributed by atoms with Gasteiger partial charge < -0.3 is 10.4 Å². The van der Waals surface area contributed by atoms with E-state index in [0.717, 1.165) is 23.2 Å². The topological polar surface area (TPSA) is 75.4 Å². The average molecular weight is 286 g/mol. The van der Waals surface area contributed by atoms with Gasteiger partial charge in [0, 0.05) is 17.8 Å². The number of phenolic OH excluding ortho intramolecular Hbond substituents is 1. The Morgan fingerprint density at radius 3 is 2.67 bits per heavy atom. The van der Waals surface area contributed by atoms with Crippen molar-refractivity contribution in [2.24, 2.45) is 0 Å². The van der Waals surface area contributed by atoms with Crippen LogP contribution in [0.5, 0.6) is 5.75 Å². The zero-order chi connectivity index (χ0) is 15.4. The number of nitrogens with one attached hydrogen (secondary N) is 1. The molecule has 0 fully saturated rings. The lowest BCUT2D eigenvalue weighted by atomic mass is 10.0. The predicted octanol–water partition coefficient (Wildman–Crippen LogP) is 4.17. The van der Waals surface area contributed by atoms with Crippen molar-refractivity contribution in [3.8, 4) is 5.75 Å². The fourth-order valence-corrected chi connectivity index (χ4v) is 2.22. The van der Waals surface area contributed by atoms with Crippen LogP contribution >= 0.6 is 0 Å². The van der Waals surface area contributed by atoms with Crippen LogP contribution in [0.1, 0.15) is 30.5 Å². The highest BCUT2D eigenvalue weighted by molar-refractivity contribution is 5.52. The maximum Gasteiger partial charge on any atom is 0.269 e. The van der Waals surface area contributed by atoms with E-state index in [1.54, 1.807) is 24.3 Å². The van der Waals surface area contributed by atoms with Crippen LogP contribution in [0.15, 0.2) is 42.5 Å². The number of phenols is 1. The molecular weight excluding hydrogens is 268 g/mol. The van der Waals surface area contributed by atoms with Crippen LogP contribution in [0.4, 0.5) is 11.4 Å². The monoisotopic (exact) mass is 286 g/mol. The number of nitro benzene ring substituents is 1. The maximum atomic E-state index is 10.9. The molecule has 0 aliphatic heterocycles. The van der Waals surface area contributed by atoms with Gasteiger partial charge in [-0.3, -0.25) is 10.1 Å². The molecule has 0 aliphatic rings. The molecule has 1 unspecified atom stereocenters. The number of nitro groups is 1. The van der Waals surface area contributed by atoms with E-state index < -0.39 is 0 Å². The second-order valence-corrected chi connectivity index (χ2v) is 4.96. The summed E-state index contributed by atoms with van der Waals surface area (Å²) < 4.78 is 0. The van der Waals surface area contributed by atoms with Crippen molar-refractivity contribution < 1.29 is 10.0 Å². The Balaban J connectivity index is 2.25. The number of anilines is 1. The van der Waals surface area contributed by atoms with Gasteiger partial charge in [0.2, 0.25) is 0 Å². The lowest BCUT2D eigenvalue weighted by molar-refractivity contribution is -0.384. The third-order valence-corrected chi connectivity index (χ3v) is 3.43. The van der Waals surface area contributed by atoms with Crippen molar-refractivity contribution in [2.45, 2.75) is 26.3 Å². The van der Waals surface area contributed by atoms with Crippen molar-refractivity contribution in [3.05, 3.63) is 63.7 Å². The Bertz CT molecular complexity index is 656. The van der Waals surface area contributed by atoms with Crippen LogP contribution < -0.4 is 5.32 Å². The van der Waals surface area contributed by atoms with Gasteiger partial charge in [0.25, 0.3) is 5.69 Å². The van der Waals surface area contributed by atoms with Crippen molar-refractivity contribution in [1.82, 2.24) is 0 Å². The summed E-state index contributed by atoms with van der Waals surface area (Å²) >= 11 is 0. The van der Waals surface area contributed by atoms with Crippen LogP contribution in [0.3, 0.4) is 0 Å². The number of hydrogen-bond acceptors (Lipinski definition) is 4. The lowest BCUT2D eigenvalue weighted by Crippen LogP contribution is -2.10. The standard InChI is InChI=1S/C16H18N2O3/c1-3-15(12-5-4-6-14(10-12)18(20)21)17-13-7-8-16(19)11(2)9-13/h4-10,15,17,19H,3H2,1-2H3. The Morgan fingerprint density at radius 2 is 2.05 bits per heavy atom. The molecule has 0 saturated carbocycles. The van der Waals surface area contributed by atoms with Gasteiger partial charge in [-0.25, -0.2) is 0 Å². The number of nitrogens with zero attached hydrogens (tertiary/aromatic N) is 1. The fraction of sp³-hybridized carbons (Fsp3) is 0.250. The number of aryl methyl sites for hydroxylation is 1. The molecular formula is C16H18N2O3. The normalized spacial score (nSPS) is 11.9. The van der Waals surface area contributed by atoms with Crippen molar-refractivity contribution in [3.63, 3.8) is 0 Å². The number of hydrogen-bond donors (Lipinski definition) is 2. The van der Waals surface area contributed by atoms with Gasteiger partial charge in [0.05, 0.1) is 11.0 Å². The fourth-order valence-electron chi connectivity index (χ4n) is 2.22. The van der Waals surface area contributed by atoms with Crippen molar-refractivity contribution in [2.75, 3.05) is 5.32 Å². The van der Waals surface area contributed by atoms with Crippen LogP contribution in [0.2, 0.25) is 0 Å². The van der Waals surface area contributed by atoms with Gasteiger partial charge in [-0.1, -0.05) is 19.1 Å². The van der Waals surface area contributed by atoms with E-state index in [2.05, 4.69) is 5.32 Å². The van der Waals surface area contributed by atoms with E-state index in [0.29, 0.717) is 0 Å². The quantitative estimate of drug-likeness (QED) is 0.491. The molecule has 0 heterocycles. The molecule has 110 valence electrons. The predicted molar refractivity (Wildman–Crippen MR) is 82.6 cm³/mol. The Labute approximate surface area is 123 Å². The largest absolute Gasteiger partial charge is 0.508 e. The van der Waals surface area contributed by atoms with E-state index in [4.69, 9.17) is 0 Å². The number of benzene rings is 2. The minimum atomic E-state index is -0.388. The highest BCUT2D eigenvalue weighted by Gasteiger charge is 2.13. The summed E-state index contributed by atoms with van der Waals surface area (Å²) in [6, 6.07) is 11.9. The van der Waals surface area contributed by atoms with E-state index in [9.17, 15) is 15.2 Å². The van der Waals surface area contributed by atoms with Gasteiger partial charge >= 0.3 is 0 Å². The molecule has 1 atom stereocenters. The molecule has 2 N–H and O–H groups in total. The molecule has 2 rings (SSSR count). The Kier molecular flexibility index (Phi) is 4.42. The molecule has 0 saturated heterocycles. The first kappa shape index (κ1) is 14.8.